The SMILES string of the molecule is COc1ccc(-c2nc3cc(C)ccn3c2Nc2cccc(Cl)c2)cc1OC. The summed E-state index contributed by atoms with van der Waals surface area (Å²) in [4.78, 5) is 4.86. The Balaban J connectivity index is 1.90. The molecule has 0 aliphatic carbocycles. The van der Waals surface area contributed by atoms with E-state index in [1.165, 1.54) is 0 Å². The van der Waals surface area contributed by atoms with E-state index in [4.69, 9.17) is 26.1 Å². The molecule has 5 nitrogen and oxygen atoms in total. The van der Waals surface area contributed by atoms with Crippen molar-refractivity contribution in [3.63, 3.8) is 0 Å². The predicted octanol–water partition coefficient (Wildman–Crippen LogP) is 5.72. The molecule has 0 unspecified atom stereocenters. The van der Waals surface area contributed by atoms with Gasteiger partial charge in [0.15, 0.2) is 11.5 Å². The lowest BCUT2D eigenvalue weighted by Gasteiger charge is -2.11. The van der Waals surface area contributed by atoms with Gasteiger partial charge in [0.1, 0.15) is 17.2 Å². The van der Waals surface area contributed by atoms with Gasteiger partial charge in [-0.3, -0.25) is 4.40 Å². The van der Waals surface area contributed by atoms with Gasteiger partial charge in [0, 0.05) is 22.5 Å². The highest BCUT2D eigenvalue weighted by Gasteiger charge is 2.17. The zero-order valence-electron chi connectivity index (χ0n) is 15.9. The van der Waals surface area contributed by atoms with E-state index in [0.29, 0.717) is 16.5 Å². The lowest BCUT2D eigenvalue weighted by atomic mass is 10.1. The number of pyridine rings is 1. The summed E-state index contributed by atoms with van der Waals surface area (Å²) < 4.78 is 12.9. The maximum absolute atomic E-state index is 6.16. The number of rotatable bonds is 5. The van der Waals surface area contributed by atoms with Crippen molar-refractivity contribution in [2.75, 3.05) is 19.5 Å². The van der Waals surface area contributed by atoms with E-state index in [0.717, 1.165) is 34.0 Å². The van der Waals surface area contributed by atoms with Gasteiger partial charge in [-0.25, -0.2) is 4.98 Å². The van der Waals surface area contributed by atoms with Crippen LogP contribution in [0, 0.1) is 6.92 Å². The Morgan fingerprint density at radius 2 is 1.79 bits per heavy atom. The van der Waals surface area contributed by atoms with E-state index < -0.39 is 0 Å². The molecule has 0 saturated heterocycles. The van der Waals surface area contributed by atoms with Crippen LogP contribution in [0.4, 0.5) is 11.5 Å². The van der Waals surface area contributed by atoms with Gasteiger partial charge in [-0.05, 0) is 61.0 Å². The van der Waals surface area contributed by atoms with Gasteiger partial charge >= 0.3 is 0 Å². The molecule has 0 radical (unpaired) electrons. The number of hydrogen-bond acceptors (Lipinski definition) is 4. The van der Waals surface area contributed by atoms with Crippen LogP contribution in [0.15, 0.2) is 60.8 Å². The molecule has 2 aromatic carbocycles. The van der Waals surface area contributed by atoms with Crippen molar-refractivity contribution in [1.29, 1.82) is 0 Å². The molecule has 6 heteroatoms. The summed E-state index contributed by atoms with van der Waals surface area (Å²) in [6.45, 7) is 2.05. The minimum atomic E-state index is 0.655. The van der Waals surface area contributed by atoms with E-state index in [2.05, 4.69) is 18.3 Å². The van der Waals surface area contributed by atoms with Crippen LogP contribution in [-0.2, 0) is 0 Å². The lowest BCUT2D eigenvalue weighted by Crippen LogP contribution is -1.97. The zero-order valence-corrected chi connectivity index (χ0v) is 16.6. The zero-order chi connectivity index (χ0) is 19.7. The molecule has 0 saturated carbocycles. The molecule has 4 rings (SSSR count). The van der Waals surface area contributed by atoms with Crippen molar-refractivity contribution < 1.29 is 9.47 Å². The van der Waals surface area contributed by atoms with Crippen LogP contribution in [0.1, 0.15) is 5.56 Å². The van der Waals surface area contributed by atoms with Crippen molar-refractivity contribution in [2.24, 2.45) is 0 Å². The van der Waals surface area contributed by atoms with Gasteiger partial charge in [0.05, 0.1) is 14.2 Å². The molecule has 0 atom stereocenters. The van der Waals surface area contributed by atoms with E-state index in [1.807, 2.05) is 59.1 Å². The number of fused-ring (bicyclic) bond motifs is 1. The Hall–Kier alpha value is -3.18. The fraction of sp³-hybridized carbons (Fsp3) is 0.136. The molecule has 2 heterocycles. The summed E-state index contributed by atoms with van der Waals surface area (Å²) in [6.07, 6.45) is 2.01. The fourth-order valence-electron chi connectivity index (χ4n) is 3.15. The van der Waals surface area contributed by atoms with E-state index in [9.17, 15) is 0 Å². The number of aryl methyl sites for hydroxylation is 1. The van der Waals surface area contributed by atoms with Crippen molar-refractivity contribution in [3.05, 3.63) is 71.4 Å². The molecule has 142 valence electrons. The Labute approximate surface area is 168 Å². The van der Waals surface area contributed by atoms with E-state index >= 15 is 0 Å². The van der Waals surface area contributed by atoms with Gasteiger partial charge in [-0.2, -0.15) is 0 Å². The number of ether oxygens (including phenoxy) is 2. The third kappa shape index (κ3) is 3.37. The van der Waals surface area contributed by atoms with E-state index in [1.54, 1.807) is 14.2 Å². The number of imidazole rings is 1. The number of nitrogens with one attached hydrogen (secondary N) is 1. The Morgan fingerprint density at radius 3 is 2.54 bits per heavy atom. The maximum atomic E-state index is 6.16. The molecule has 0 spiro atoms. The van der Waals surface area contributed by atoms with Crippen LogP contribution >= 0.6 is 11.6 Å². The Kier molecular flexibility index (Phi) is 4.84. The quantitative estimate of drug-likeness (QED) is 0.470. The smallest absolute Gasteiger partial charge is 0.161 e. The summed E-state index contributed by atoms with van der Waals surface area (Å²) in [5, 5.41) is 4.13. The standard InChI is InChI=1S/C22H20ClN3O2/c1-14-9-10-26-20(11-14)25-21(15-7-8-18(27-2)19(12-15)28-3)22(26)24-17-6-4-5-16(23)13-17/h4-13,24H,1-3H3. The second-order valence-electron chi connectivity index (χ2n) is 6.45. The predicted molar refractivity (Wildman–Crippen MR) is 113 cm³/mol. The molecular formula is C22H20ClN3O2. The molecule has 0 aliphatic rings. The highest BCUT2D eigenvalue weighted by Crippen LogP contribution is 2.36. The monoisotopic (exact) mass is 393 g/mol. The summed E-state index contributed by atoms with van der Waals surface area (Å²) in [7, 11) is 3.25. The first-order valence-electron chi connectivity index (χ1n) is 8.83. The van der Waals surface area contributed by atoms with Gasteiger partial charge in [0.2, 0.25) is 0 Å². The second-order valence-corrected chi connectivity index (χ2v) is 6.88. The first-order chi connectivity index (χ1) is 13.6. The molecule has 0 bridgehead atoms. The van der Waals surface area contributed by atoms with Crippen LogP contribution in [0.2, 0.25) is 5.02 Å². The normalized spacial score (nSPS) is 10.9. The van der Waals surface area contributed by atoms with Crippen molar-refractivity contribution in [3.8, 4) is 22.8 Å². The van der Waals surface area contributed by atoms with Crippen LogP contribution in [0.25, 0.3) is 16.9 Å². The molecule has 0 fully saturated rings. The molecular weight excluding hydrogens is 374 g/mol. The number of anilines is 2. The van der Waals surface area contributed by atoms with Gasteiger partial charge < -0.3 is 14.8 Å². The maximum Gasteiger partial charge on any atom is 0.161 e. The lowest BCUT2D eigenvalue weighted by molar-refractivity contribution is 0.355. The minimum Gasteiger partial charge on any atom is -0.493 e. The Bertz CT molecular complexity index is 1150. The van der Waals surface area contributed by atoms with Crippen LogP contribution in [-0.4, -0.2) is 23.6 Å². The number of aromatic nitrogens is 2. The second kappa shape index (κ2) is 7.44. The van der Waals surface area contributed by atoms with Crippen LogP contribution in [0.3, 0.4) is 0 Å². The highest BCUT2D eigenvalue weighted by molar-refractivity contribution is 6.30. The molecule has 2 aromatic heterocycles. The van der Waals surface area contributed by atoms with Gasteiger partial charge in [0.25, 0.3) is 0 Å². The van der Waals surface area contributed by atoms with Crippen molar-refractivity contribution >= 4 is 28.8 Å². The largest absolute Gasteiger partial charge is 0.493 e. The fourth-order valence-corrected chi connectivity index (χ4v) is 3.34. The third-order valence-electron chi connectivity index (χ3n) is 4.53. The number of hydrogen-bond donors (Lipinski definition) is 1. The molecule has 4 aromatic rings. The minimum absolute atomic E-state index is 0.655. The Morgan fingerprint density at radius 1 is 0.964 bits per heavy atom. The highest BCUT2D eigenvalue weighted by atomic mass is 35.5. The molecule has 0 amide bonds. The van der Waals surface area contributed by atoms with Crippen molar-refractivity contribution in [1.82, 2.24) is 9.38 Å². The number of methoxy groups -OCH3 is 2. The topological polar surface area (TPSA) is 47.8 Å². The number of benzene rings is 2. The molecule has 0 aliphatic heterocycles. The van der Waals surface area contributed by atoms with Gasteiger partial charge in [-0.1, -0.05) is 17.7 Å². The summed E-state index contributed by atoms with van der Waals surface area (Å²) in [5.41, 5.74) is 4.62. The first kappa shape index (κ1) is 18.2. The summed E-state index contributed by atoms with van der Waals surface area (Å²) in [5.74, 6) is 2.18. The first-order valence-corrected chi connectivity index (χ1v) is 9.20. The average Bonchev–Trinajstić information content (AvgIpc) is 3.04. The van der Waals surface area contributed by atoms with Crippen LogP contribution in [0.5, 0.6) is 11.5 Å². The molecule has 1 N–H and O–H groups in total. The van der Waals surface area contributed by atoms with Crippen LogP contribution < -0.4 is 14.8 Å². The summed E-state index contributed by atoms with van der Waals surface area (Å²) >= 11 is 6.16. The van der Waals surface area contributed by atoms with Gasteiger partial charge in [-0.15, -0.1) is 0 Å². The number of nitrogens with zero attached hydrogens (tertiary/aromatic N) is 2. The van der Waals surface area contributed by atoms with E-state index in [-0.39, 0.29) is 0 Å². The summed E-state index contributed by atoms with van der Waals surface area (Å²) in [6, 6.07) is 17.5. The number of halogens is 1. The van der Waals surface area contributed by atoms with Crippen molar-refractivity contribution in [2.45, 2.75) is 6.92 Å². The average molecular weight is 394 g/mol. The molecule has 28 heavy (non-hydrogen) atoms. The third-order valence-corrected chi connectivity index (χ3v) is 4.76.